The van der Waals surface area contributed by atoms with E-state index in [-0.39, 0.29) is 0 Å². The summed E-state index contributed by atoms with van der Waals surface area (Å²) >= 11 is 0. The van der Waals surface area contributed by atoms with E-state index in [0.717, 1.165) is 22.7 Å². The third-order valence-electron chi connectivity index (χ3n) is 3.40. The van der Waals surface area contributed by atoms with Crippen LogP contribution in [-0.4, -0.2) is 27.6 Å². The van der Waals surface area contributed by atoms with Gasteiger partial charge in [-0.3, -0.25) is 4.68 Å². The molecule has 0 spiro atoms. The maximum Gasteiger partial charge on any atom is 0.118 e. The van der Waals surface area contributed by atoms with Gasteiger partial charge in [-0.2, -0.15) is 5.10 Å². The third kappa shape index (κ3) is 3.61. The molecule has 108 valence electrons. The number of hydrogen-bond acceptors (Lipinski definition) is 3. The monoisotopic (exact) mass is 274 g/mol. The fraction of sp³-hybridized carbons (Fsp3) is 0.438. The van der Waals surface area contributed by atoms with Crippen LogP contribution in [0.1, 0.15) is 23.9 Å². The summed E-state index contributed by atoms with van der Waals surface area (Å²) in [4.78, 5) is 0. The van der Waals surface area contributed by atoms with E-state index in [1.54, 1.807) is 7.11 Å². The summed E-state index contributed by atoms with van der Waals surface area (Å²) in [6.07, 6.45) is 1.18. The summed E-state index contributed by atoms with van der Waals surface area (Å²) in [7, 11) is 3.56. The highest BCUT2D eigenvalue weighted by Crippen LogP contribution is 2.21. The average molecular weight is 274 g/mol. The molecular formula is C16H22N2O2. The first-order chi connectivity index (χ1) is 9.39. The number of aromatic nitrogens is 2. The fourth-order valence-electron chi connectivity index (χ4n) is 2.47. The van der Waals surface area contributed by atoms with Gasteiger partial charge in [-0.15, -0.1) is 0 Å². The molecule has 0 aliphatic carbocycles. The van der Waals surface area contributed by atoms with Crippen LogP contribution in [0.3, 0.4) is 0 Å². The molecule has 0 saturated carbocycles. The molecule has 0 fully saturated rings. The molecule has 0 amide bonds. The van der Waals surface area contributed by atoms with Crippen molar-refractivity contribution in [2.75, 3.05) is 7.11 Å². The molecule has 1 N–H and O–H groups in total. The summed E-state index contributed by atoms with van der Waals surface area (Å²) in [6.45, 7) is 3.82. The molecule has 1 atom stereocenters. The first kappa shape index (κ1) is 14.6. The molecule has 1 aromatic carbocycles. The van der Waals surface area contributed by atoms with Gasteiger partial charge in [0.15, 0.2) is 0 Å². The second-order valence-corrected chi connectivity index (χ2v) is 5.60. The molecule has 2 rings (SSSR count). The fourth-order valence-corrected chi connectivity index (χ4v) is 2.47. The van der Waals surface area contributed by atoms with E-state index >= 15 is 0 Å². The standard InChI is InChI=1S/C16H22N2O2/c1-12-9-14(18(3)17-12)11-16(2,19)10-13-5-7-15(20-4)8-6-13/h5-9,19H,10-11H2,1-4H3. The Morgan fingerprint density at radius 3 is 2.40 bits per heavy atom. The molecule has 4 nitrogen and oxygen atoms in total. The van der Waals surface area contributed by atoms with E-state index in [9.17, 15) is 5.11 Å². The lowest BCUT2D eigenvalue weighted by Gasteiger charge is -2.23. The van der Waals surface area contributed by atoms with Gasteiger partial charge in [0.1, 0.15) is 5.75 Å². The van der Waals surface area contributed by atoms with Crippen molar-refractivity contribution in [3.05, 3.63) is 47.3 Å². The highest BCUT2D eigenvalue weighted by Gasteiger charge is 2.23. The smallest absolute Gasteiger partial charge is 0.118 e. The van der Waals surface area contributed by atoms with Crippen molar-refractivity contribution in [2.45, 2.75) is 32.3 Å². The summed E-state index contributed by atoms with van der Waals surface area (Å²) < 4.78 is 6.97. The molecule has 0 saturated heterocycles. The van der Waals surface area contributed by atoms with Gasteiger partial charge in [0.05, 0.1) is 18.4 Å². The minimum absolute atomic E-state index is 0.580. The number of benzene rings is 1. The number of hydrogen-bond donors (Lipinski definition) is 1. The Labute approximate surface area is 120 Å². The molecule has 0 aliphatic rings. The molecule has 0 radical (unpaired) electrons. The quantitative estimate of drug-likeness (QED) is 0.910. The van der Waals surface area contributed by atoms with Gasteiger partial charge in [-0.25, -0.2) is 0 Å². The van der Waals surface area contributed by atoms with Crippen molar-refractivity contribution in [3.63, 3.8) is 0 Å². The van der Waals surface area contributed by atoms with Gasteiger partial charge >= 0.3 is 0 Å². The molecule has 0 bridgehead atoms. The summed E-state index contributed by atoms with van der Waals surface area (Å²) in [6, 6.07) is 9.82. The van der Waals surface area contributed by atoms with E-state index < -0.39 is 5.60 Å². The van der Waals surface area contributed by atoms with Crippen LogP contribution in [0.15, 0.2) is 30.3 Å². The zero-order valence-electron chi connectivity index (χ0n) is 12.6. The Morgan fingerprint density at radius 2 is 1.90 bits per heavy atom. The van der Waals surface area contributed by atoms with Gasteiger partial charge in [-0.05, 0) is 37.6 Å². The molecule has 4 heteroatoms. The van der Waals surface area contributed by atoms with Crippen LogP contribution >= 0.6 is 0 Å². The van der Waals surface area contributed by atoms with Crippen molar-refractivity contribution in [2.24, 2.45) is 7.05 Å². The lowest BCUT2D eigenvalue weighted by atomic mass is 9.91. The maximum absolute atomic E-state index is 10.6. The Bertz CT molecular complexity index is 571. The van der Waals surface area contributed by atoms with Crippen molar-refractivity contribution in [1.29, 1.82) is 0 Å². The number of ether oxygens (including phenoxy) is 1. The Morgan fingerprint density at radius 1 is 1.25 bits per heavy atom. The van der Waals surface area contributed by atoms with Gasteiger partial charge in [0.2, 0.25) is 0 Å². The molecule has 0 aliphatic heterocycles. The van der Waals surface area contributed by atoms with E-state index in [2.05, 4.69) is 5.10 Å². The van der Waals surface area contributed by atoms with E-state index in [4.69, 9.17) is 4.74 Å². The minimum atomic E-state index is -0.797. The number of aliphatic hydroxyl groups is 1. The van der Waals surface area contributed by atoms with Crippen LogP contribution in [0.25, 0.3) is 0 Å². The lowest BCUT2D eigenvalue weighted by molar-refractivity contribution is 0.0588. The Kier molecular flexibility index (Phi) is 4.14. The number of aryl methyl sites for hydroxylation is 2. The van der Waals surface area contributed by atoms with E-state index in [1.165, 1.54) is 0 Å². The Hall–Kier alpha value is -1.81. The summed E-state index contributed by atoms with van der Waals surface area (Å²) in [5, 5.41) is 14.9. The van der Waals surface area contributed by atoms with E-state index in [0.29, 0.717) is 12.8 Å². The van der Waals surface area contributed by atoms with Gasteiger partial charge in [0.25, 0.3) is 0 Å². The van der Waals surface area contributed by atoms with Crippen molar-refractivity contribution in [3.8, 4) is 5.75 Å². The topological polar surface area (TPSA) is 47.3 Å². The molecule has 1 heterocycles. The molecular weight excluding hydrogens is 252 g/mol. The SMILES string of the molecule is COc1ccc(CC(C)(O)Cc2cc(C)nn2C)cc1. The van der Waals surface area contributed by atoms with Crippen LogP contribution < -0.4 is 4.74 Å². The van der Waals surface area contributed by atoms with E-state index in [1.807, 2.05) is 55.9 Å². The maximum atomic E-state index is 10.6. The molecule has 2 aromatic rings. The van der Waals surface area contributed by atoms with Crippen LogP contribution in [0.4, 0.5) is 0 Å². The minimum Gasteiger partial charge on any atom is -0.497 e. The first-order valence-electron chi connectivity index (χ1n) is 6.74. The van der Waals surface area contributed by atoms with Crippen molar-refractivity contribution in [1.82, 2.24) is 9.78 Å². The molecule has 20 heavy (non-hydrogen) atoms. The average Bonchev–Trinajstić information content (AvgIpc) is 2.67. The molecule has 1 unspecified atom stereocenters. The van der Waals surface area contributed by atoms with Crippen LogP contribution in [-0.2, 0) is 19.9 Å². The predicted molar refractivity (Wildman–Crippen MR) is 79.0 cm³/mol. The molecule has 1 aromatic heterocycles. The normalized spacial score (nSPS) is 14.1. The largest absolute Gasteiger partial charge is 0.497 e. The number of nitrogens with zero attached hydrogens (tertiary/aromatic N) is 2. The second-order valence-electron chi connectivity index (χ2n) is 5.60. The van der Waals surface area contributed by atoms with Gasteiger partial charge < -0.3 is 9.84 Å². The Balaban J connectivity index is 2.07. The summed E-state index contributed by atoms with van der Waals surface area (Å²) in [5.74, 6) is 0.829. The number of rotatable bonds is 5. The summed E-state index contributed by atoms with van der Waals surface area (Å²) in [5.41, 5.74) is 2.31. The van der Waals surface area contributed by atoms with Crippen molar-refractivity contribution >= 4 is 0 Å². The third-order valence-corrected chi connectivity index (χ3v) is 3.40. The highest BCUT2D eigenvalue weighted by molar-refractivity contribution is 5.28. The van der Waals surface area contributed by atoms with Gasteiger partial charge in [-0.1, -0.05) is 12.1 Å². The predicted octanol–water partition coefficient (Wildman–Crippen LogP) is 2.27. The zero-order valence-corrected chi connectivity index (χ0v) is 12.6. The first-order valence-corrected chi connectivity index (χ1v) is 6.74. The highest BCUT2D eigenvalue weighted by atomic mass is 16.5. The van der Waals surface area contributed by atoms with Crippen LogP contribution in [0.5, 0.6) is 5.75 Å². The zero-order chi connectivity index (χ0) is 14.8. The number of methoxy groups -OCH3 is 1. The van der Waals surface area contributed by atoms with Crippen molar-refractivity contribution < 1.29 is 9.84 Å². The second kappa shape index (κ2) is 5.67. The van der Waals surface area contributed by atoms with Gasteiger partial charge in [0, 0.05) is 25.6 Å². The lowest BCUT2D eigenvalue weighted by Crippen LogP contribution is -2.31. The van der Waals surface area contributed by atoms with Crippen LogP contribution in [0, 0.1) is 6.92 Å². The van der Waals surface area contributed by atoms with Crippen LogP contribution in [0.2, 0.25) is 0 Å².